The van der Waals surface area contributed by atoms with Crippen LogP contribution in [0.3, 0.4) is 0 Å². The van der Waals surface area contributed by atoms with Gasteiger partial charge in [-0.1, -0.05) is 37.5 Å². The van der Waals surface area contributed by atoms with E-state index in [1.54, 1.807) is 11.1 Å². The third-order valence-corrected chi connectivity index (χ3v) is 4.67. The first kappa shape index (κ1) is 11.3. The standard InChI is InChI=1S/C16H23N/c17-16(10-4-1-5-11-16)15-9-8-13-6-2-3-7-14(13)12-15/h8-9,12H,1-7,10-11,17H2. The fourth-order valence-corrected chi connectivity index (χ4v) is 3.51. The Hall–Kier alpha value is -0.820. The summed E-state index contributed by atoms with van der Waals surface area (Å²) in [6, 6.07) is 7.06. The Morgan fingerprint density at radius 1 is 0.824 bits per heavy atom. The Labute approximate surface area is 104 Å². The summed E-state index contributed by atoms with van der Waals surface area (Å²) in [5, 5.41) is 0. The molecule has 0 heterocycles. The molecule has 0 radical (unpaired) electrons. The molecule has 0 saturated heterocycles. The average molecular weight is 229 g/mol. The van der Waals surface area contributed by atoms with Crippen molar-refractivity contribution in [2.24, 2.45) is 5.73 Å². The molecule has 0 spiro atoms. The fourth-order valence-electron chi connectivity index (χ4n) is 3.51. The molecule has 17 heavy (non-hydrogen) atoms. The highest BCUT2D eigenvalue weighted by molar-refractivity contribution is 5.37. The molecule has 0 aromatic heterocycles. The van der Waals surface area contributed by atoms with Crippen molar-refractivity contribution in [2.45, 2.75) is 63.3 Å². The van der Waals surface area contributed by atoms with Gasteiger partial charge in [0, 0.05) is 5.54 Å². The maximum Gasteiger partial charge on any atom is 0.0409 e. The maximum atomic E-state index is 6.61. The second-order valence-corrected chi connectivity index (χ2v) is 5.91. The molecule has 0 unspecified atom stereocenters. The smallest absolute Gasteiger partial charge is 0.0409 e. The lowest BCUT2D eigenvalue weighted by molar-refractivity contribution is 0.302. The monoisotopic (exact) mass is 229 g/mol. The second-order valence-electron chi connectivity index (χ2n) is 5.91. The van der Waals surface area contributed by atoms with E-state index in [4.69, 9.17) is 5.73 Å². The van der Waals surface area contributed by atoms with Gasteiger partial charge in [0.25, 0.3) is 0 Å². The first-order valence-corrected chi connectivity index (χ1v) is 7.19. The summed E-state index contributed by atoms with van der Waals surface area (Å²) < 4.78 is 0. The average Bonchev–Trinajstić information content (AvgIpc) is 2.39. The molecule has 0 atom stereocenters. The molecule has 1 fully saturated rings. The molecule has 0 amide bonds. The number of benzene rings is 1. The minimum atomic E-state index is -0.0231. The number of hydrogen-bond donors (Lipinski definition) is 1. The van der Waals surface area contributed by atoms with Gasteiger partial charge < -0.3 is 5.73 Å². The van der Waals surface area contributed by atoms with Crippen molar-refractivity contribution in [3.63, 3.8) is 0 Å². The summed E-state index contributed by atoms with van der Waals surface area (Å²) in [5.41, 5.74) is 11.1. The molecule has 2 aliphatic rings. The quantitative estimate of drug-likeness (QED) is 0.781. The molecule has 1 saturated carbocycles. The largest absolute Gasteiger partial charge is 0.321 e. The summed E-state index contributed by atoms with van der Waals surface area (Å²) in [6.45, 7) is 0. The highest BCUT2D eigenvalue weighted by Crippen LogP contribution is 2.36. The van der Waals surface area contributed by atoms with E-state index in [9.17, 15) is 0 Å². The van der Waals surface area contributed by atoms with Crippen molar-refractivity contribution >= 4 is 0 Å². The molecule has 0 aliphatic heterocycles. The number of hydrogen-bond acceptors (Lipinski definition) is 1. The van der Waals surface area contributed by atoms with Gasteiger partial charge in [-0.05, 0) is 55.2 Å². The minimum absolute atomic E-state index is 0.0231. The van der Waals surface area contributed by atoms with Crippen LogP contribution in [0, 0.1) is 0 Å². The minimum Gasteiger partial charge on any atom is -0.321 e. The van der Waals surface area contributed by atoms with E-state index in [1.807, 2.05) is 0 Å². The number of nitrogens with two attached hydrogens (primary N) is 1. The van der Waals surface area contributed by atoms with Gasteiger partial charge in [-0.25, -0.2) is 0 Å². The zero-order valence-corrected chi connectivity index (χ0v) is 10.7. The number of fused-ring (bicyclic) bond motifs is 1. The SMILES string of the molecule is NC1(c2ccc3c(c2)CCCC3)CCCCC1. The molecular formula is C16H23N. The van der Waals surface area contributed by atoms with Crippen molar-refractivity contribution < 1.29 is 0 Å². The number of rotatable bonds is 1. The molecular weight excluding hydrogens is 206 g/mol. The van der Waals surface area contributed by atoms with Crippen LogP contribution in [0.1, 0.15) is 61.6 Å². The van der Waals surface area contributed by atoms with E-state index < -0.39 is 0 Å². The van der Waals surface area contributed by atoms with Gasteiger partial charge in [0.05, 0.1) is 0 Å². The Morgan fingerprint density at radius 3 is 2.29 bits per heavy atom. The van der Waals surface area contributed by atoms with Crippen molar-refractivity contribution in [1.29, 1.82) is 0 Å². The summed E-state index contributed by atoms with van der Waals surface area (Å²) in [7, 11) is 0. The fraction of sp³-hybridized carbons (Fsp3) is 0.625. The third-order valence-electron chi connectivity index (χ3n) is 4.67. The maximum absolute atomic E-state index is 6.61. The molecule has 1 heteroatoms. The van der Waals surface area contributed by atoms with Gasteiger partial charge in [-0.2, -0.15) is 0 Å². The lowest BCUT2D eigenvalue weighted by Crippen LogP contribution is -2.38. The van der Waals surface area contributed by atoms with Gasteiger partial charge in [-0.3, -0.25) is 0 Å². The summed E-state index contributed by atoms with van der Waals surface area (Å²) in [4.78, 5) is 0. The Kier molecular flexibility index (Phi) is 2.96. The second kappa shape index (κ2) is 4.45. The van der Waals surface area contributed by atoms with Gasteiger partial charge in [0.1, 0.15) is 0 Å². The van der Waals surface area contributed by atoms with E-state index in [0.29, 0.717) is 0 Å². The zero-order chi connectivity index (χ0) is 11.7. The summed E-state index contributed by atoms with van der Waals surface area (Å²) >= 11 is 0. The van der Waals surface area contributed by atoms with Crippen LogP contribution in [0.5, 0.6) is 0 Å². The Balaban J connectivity index is 1.92. The van der Waals surface area contributed by atoms with Crippen molar-refractivity contribution in [1.82, 2.24) is 0 Å². The first-order valence-electron chi connectivity index (χ1n) is 7.19. The van der Waals surface area contributed by atoms with Crippen LogP contribution in [0.4, 0.5) is 0 Å². The predicted molar refractivity (Wildman–Crippen MR) is 72.0 cm³/mol. The summed E-state index contributed by atoms with van der Waals surface area (Å²) in [6.07, 6.45) is 11.6. The van der Waals surface area contributed by atoms with Crippen molar-refractivity contribution in [3.05, 3.63) is 34.9 Å². The van der Waals surface area contributed by atoms with Gasteiger partial charge in [-0.15, -0.1) is 0 Å². The van der Waals surface area contributed by atoms with E-state index in [2.05, 4.69) is 18.2 Å². The van der Waals surface area contributed by atoms with E-state index in [-0.39, 0.29) is 5.54 Å². The van der Waals surface area contributed by atoms with E-state index in [0.717, 1.165) is 0 Å². The lowest BCUT2D eigenvalue weighted by atomic mass is 9.76. The van der Waals surface area contributed by atoms with Gasteiger partial charge in [0.15, 0.2) is 0 Å². The van der Waals surface area contributed by atoms with Gasteiger partial charge in [0.2, 0.25) is 0 Å². The van der Waals surface area contributed by atoms with Crippen LogP contribution in [0.2, 0.25) is 0 Å². The van der Waals surface area contributed by atoms with Crippen LogP contribution >= 0.6 is 0 Å². The highest BCUT2D eigenvalue weighted by atomic mass is 14.7. The Morgan fingerprint density at radius 2 is 1.53 bits per heavy atom. The highest BCUT2D eigenvalue weighted by Gasteiger charge is 2.29. The van der Waals surface area contributed by atoms with Gasteiger partial charge >= 0.3 is 0 Å². The van der Waals surface area contributed by atoms with Crippen LogP contribution in [0.25, 0.3) is 0 Å². The molecule has 2 N–H and O–H groups in total. The van der Waals surface area contributed by atoms with E-state index >= 15 is 0 Å². The van der Waals surface area contributed by atoms with Crippen LogP contribution in [-0.2, 0) is 18.4 Å². The summed E-state index contributed by atoms with van der Waals surface area (Å²) in [5.74, 6) is 0. The zero-order valence-electron chi connectivity index (χ0n) is 10.7. The molecule has 92 valence electrons. The predicted octanol–water partition coefficient (Wildman–Crippen LogP) is 3.68. The van der Waals surface area contributed by atoms with Crippen molar-refractivity contribution in [2.75, 3.05) is 0 Å². The van der Waals surface area contributed by atoms with Crippen LogP contribution in [-0.4, -0.2) is 0 Å². The molecule has 1 nitrogen and oxygen atoms in total. The van der Waals surface area contributed by atoms with Crippen LogP contribution in [0.15, 0.2) is 18.2 Å². The normalized spacial score (nSPS) is 23.1. The Bertz CT molecular complexity index is 402. The van der Waals surface area contributed by atoms with E-state index in [1.165, 1.54) is 63.4 Å². The molecule has 1 aromatic carbocycles. The topological polar surface area (TPSA) is 26.0 Å². The van der Waals surface area contributed by atoms with Crippen molar-refractivity contribution in [3.8, 4) is 0 Å². The number of aryl methyl sites for hydroxylation is 2. The first-order chi connectivity index (χ1) is 8.28. The third kappa shape index (κ3) is 2.13. The molecule has 3 rings (SSSR count). The molecule has 2 aliphatic carbocycles. The molecule has 1 aromatic rings. The lowest BCUT2D eigenvalue weighted by Gasteiger charge is -2.35. The molecule has 0 bridgehead atoms. The van der Waals surface area contributed by atoms with Crippen LogP contribution < -0.4 is 5.73 Å².